The second-order valence-electron chi connectivity index (χ2n) is 4.69. The van der Waals surface area contributed by atoms with Crippen molar-refractivity contribution in [3.63, 3.8) is 0 Å². The van der Waals surface area contributed by atoms with E-state index in [4.69, 9.17) is 0 Å². The Morgan fingerprint density at radius 1 is 1.15 bits per heavy atom. The van der Waals surface area contributed by atoms with Gasteiger partial charge in [0.05, 0.1) is 5.75 Å². The van der Waals surface area contributed by atoms with Crippen molar-refractivity contribution in [3.05, 3.63) is 39.3 Å². The molecule has 1 heterocycles. The van der Waals surface area contributed by atoms with Crippen LogP contribution in [0.25, 0.3) is 0 Å². The van der Waals surface area contributed by atoms with Gasteiger partial charge in [-0.3, -0.25) is 9.32 Å². The number of rotatable bonds is 4. The number of amides is 1. The van der Waals surface area contributed by atoms with Crippen molar-refractivity contribution < 1.29 is 44.7 Å². The quantitative estimate of drug-likeness (QED) is 0.353. The number of carbonyl (C=O) groups excluding carboxylic acids is 1. The van der Waals surface area contributed by atoms with Gasteiger partial charge >= 0.3 is 16.8 Å². The summed E-state index contributed by atoms with van der Waals surface area (Å²) in [7, 11) is 1.34. The lowest BCUT2D eigenvalue weighted by atomic mass is 10.1. The summed E-state index contributed by atoms with van der Waals surface area (Å²) in [6.45, 7) is 0. The zero-order valence-electron chi connectivity index (χ0n) is 12.4. The van der Waals surface area contributed by atoms with Gasteiger partial charge in [-0.25, -0.2) is 22.4 Å². The summed E-state index contributed by atoms with van der Waals surface area (Å²) in [6, 6.07) is 0. The molecule has 26 heavy (non-hydrogen) atoms. The van der Waals surface area contributed by atoms with Gasteiger partial charge < -0.3 is 5.32 Å². The number of aromatic amines is 1. The Morgan fingerprint density at radius 2 is 1.69 bits per heavy atom. The zero-order valence-corrected chi connectivity index (χ0v) is 13.2. The van der Waals surface area contributed by atoms with Crippen LogP contribution in [0.3, 0.4) is 0 Å². The summed E-state index contributed by atoms with van der Waals surface area (Å²) in [5.74, 6) is -12.1. The van der Waals surface area contributed by atoms with Gasteiger partial charge in [-0.1, -0.05) is 4.68 Å². The van der Waals surface area contributed by atoms with Crippen LogP contribution in [0.2, 0.25) is 0 Å². The number of hydrogen-bond acceptors (Lipinski definition) is 4. The lowest BCUT2D eigenvalue weighted by Gasteiger charge is -2.14. The number of aromatic nitrogens is 2. The van der Waals surface area contributed by atoms with Crippen molar-refractivity contribution in [1.29, 1.82) is 0 Å². The first kappa shape index (κ1) is 19.8. The van der Waals surface area contributed by atoms with Crippen LogP contribution in [0.4, 0.5) is 36.4 Å². The fraction of sp³-hybridized carbons (Fsp3) is 0.250. The van der Waals surface area contributed by atoms with Crippen molar-refractivity contribution >= 4 is 23.4 Å². The Morgan fingerprint density at radius 3 is 2.12 bits per heavy atom. The Labute approximate surface area is 142 Å². The number of anilines is 1. The molecule has 1 aromatic carbocycles. The minimum atomic E-state index is -5.69. The first-order chi connectivity index (χ1) is 11.9. The highest BCUT2D eigenvalue weighted by Gasteiger charge is 2.42. The highest BCUT2D eigenvalue weighted by molar-refractivity contribution is 7.99. The molecule has 0 atom stereocenters. The third kappa shape index (κ3) is 3.68. The number of benzene rings is 1. The summed E-state index contributed by atoms with van der Waals surface area (Å²) in [5, 5.41) is 3.43. The summed E-state index contributed by atoms with van der Waals surface area (Å²) in [5.41, 5.74) is -5.34. The molecule has 0 aliphatic carbocycles. The van der Waals surface area contributed by atoms with E-state index in [9.17, 15) is 40.3 Å². The van der Waals surface area contributed by atoms with Crippen LogP contribution in [0, 0.1) is 23.3 Å². The van der Waals surface area contributed by atoms with E-state index >= 15 is 0 Å². The minimum Gasteiger partial charge on any atom is -0.320 e. The molecule has 14 heteroatoms. The Kier molecular flexibility index (Phi) is 5.34. The Hall–Kier alpha value is -2.51. The molecule has 0 bridgehead atoms. The summed E-state index contributed by atoms with van der Waals surface area (Å²) >= 11 is 0.536. The van der Waals surface area contributed by atoms with Gasteiger partial charge in [0.1, 0.15) is 11.3 Å². The van der Waals surface area contributed by atoms with Crippen LogP contribution in [0.15, 0.2) is 14.3 Å². The first-order valence-electron chi connectivity index (χ1n) is 6.38. The average Bonchev–Trinajstić information content (AvgIpc) is 2.85. The number of carbonyl (C=O) groups is 1. The van der Waals surface area contributed by atoms with Gasteiger partial charge in [-0.2, -0.15) is 13.2 Å². The molecule has 0 aliphatic heterocycles. The molecule has 0 aliphatic rings. The van der Waals surface area contributed by atoms with Crippen LogP contribution < -0.4 is 15.6 Å². The second kappa shape index (κ2) is 7.01. The normalized spacial score (nSPS) is 11.7. The van der Waals surface area contributed by atoms with Gasteiger partial charge in [-0.15, -0.1) is 0 Å². The zero-order chi connectivity index (χ0) is 19.8. The lowest BCUT2D eigenvalue weighted by Crippen LogP contribution is -2.34. The Balaban J connectivity index is 2.27. The van der Waals surface area contributed by atoms with Gasteiger partial charge in [0.15, 0.2) is 30.3 Å². The molecule has 0 radical (unpaired) electrons. The fourth-order valence-corrected chi connectivity index (χ4v) is 2.52. The molecular formula is C12H7F7N3O3S+. The Bertz CT molecular complexity index is 893. The predicted octanol–water partition coefficient (Wildman–Crippen LogP) is 2.10. The maximum atomic E-state index is 13.7. The van der Waals surface area contributed by atoms with Crippen molar-refractivity contribution in [1.82, 2.24) is 5.27 Å². The van der Waals surface area contributed by atoms with Gasteiger partial charge in [0.2, 0.25) is 5.91 Å². The molecule has 142 valence electrons. The van der Waals surface area contributed by atoms with E-state index < -0.39 is 58.0 Å². The molecule has 2 aromatic rings. The SMILES string of the molecule is C[n+]1[nH]oc(=O)c1SCC(=O)Nc1c(F)c(F)c(C(F)(F)F)c(F)c1F. The summed E-state index contributed by atoms with van der Waals surface area (Å²) < 4.78 is 97.0. The van der Waals surface area contributed by atoms with E-state index in [1.807, 2.05) is 0 Å². The van der Waals surface area contributed by atoms with Gasteiger partial charge in [0, 0.05) is 0 Å². The van der Waals surface area contributed by atoms with E-state index in [2.05, 4.69) is 9.79 Å². The molecular weight excluding hydrogens is 399 g/mol. The van der Waals surface area contributed by atoms with Crippen LogP contribution in [0.1, 0.15) is 5.56 Å². The standard InChI is InChI=1S/C12H6F7N3O3S/c1-22-10(11(24)25-21-22)26-2-3(23)20-9-7(15)5(13)4(12(17,18)19)6(14)8(9)16/h2H2,1H3,(H-,20,21,23,24)/p+1. The van der Waals surface area contributed by atoms with Crippen molar-refractivity contribution in [2.45, 2.75) is 11.2 Å². The summed E-state index contributed by atoms with van der Waals surface area (Å²) in [4.78, 5) is 22.9. The number of aryl methyl sites for hydroxylation is 1. The fourth-order valence-electron chi connectivity index (χ4n) is 1.79. The van der Waals surface area contributed by atoms with Crippen molar-refractivity contribution in [2.75, 3.05) is 11.1 Å². The highest BCUT2D eigenvalue weighted by Crippen LogP contribution is 2.38. The third-order valence-electron chi connectivity index (χ3n) is 2.91. The average molecular weight is 406 g/mol. The maximum absolute atomic E-state index is 13.7. The maximum Gasteiger partial charge on any atom is 0.441 e. The van der Waals surface area contributed by atoms with Crippen LogP contribution >= 0.6 is 11.8 Å². The number of thioether (sulfide) groups is 1. The van der Waals surface area contributed by atoms with E-state index in [0.29, 0.717) is 11.8 Å². The molecule has 1 aromatic heterocycles. The molecule has 6 nitrogen and oxygen atoms in total. The molecule has 0 saturated carbocycles. The van der Waals surface area contributed by atoms with Crippen molar-refractivity contribution in [2.24, 2.45) is 7.05 Å². The van der Waals surface area contributed by atoms with Crippen LogP contribution in [-0.4, -0.2) is 16.9 Å². The highest BCUT2D eigenvalue weighted by atomic mass is 32.2. The first-order valence-corrected chi connectivity index (χ1v) is 7.37. The molecule has 0 unspecified atom stereocenters. The number of alkyl halides is 3. The third-order valence-corrected chi connectivity index (χ3v) is 4.03. The summed E-state index contributed by atoms with van der Waals surface area (Å²) in [6.07, 6.45) is -5.69. The number of nitrogens with one attached hydrogen (secondary N) is 2. The smallest absolute Gasteiger partial charge is 0.320 e. The predicted molar refractivity (Wildman–Crippen MR) is 71.1 cm³/mol. The number of H-pyrrole nitrogens is 1. The lowest BCUT2D eigenvalue weighted by molar-refractivity contribution is -0.772. The number of halogens is 7. The number of nitrogens with zero attached hydrogens (tertiary/aromatic N) is 1. The molecule has 0 saturated heterocycles. The van der Waals surface area contributed by atoms with E-state index in [-0.39, 0.29) is 5.03 Å². The second-order valence-corrected chi connectivity index (χ2v) is 5.65. The van der Waals surface area contributed by atoms with Gasteiger partial charge in [0.25, 0.3) is 0 Å². The van der Waals surface area contributed by atoms with Crippen molar-refractivity contribution in [3.8, 4) is 0 Å². The largest absolute Gasteiger partial charge is 0.441 e. The van der Waals surface area contributed by atoms with Crippen LogP contribution in [-0.2, 0) is 18.0 Å². The monoisotopic (exact) mass is 406 g/mol. The molecule has 1 amide bonds. The molecule has 2 rings (SSSR count). The topological polar surface area (TPSA) is 79.0 Å². The minimum absolute atomic E-state index is 0.120. The number of hydrogen-bond donors (Lipinski definition) is 2. The molecule has 0 fully saturated rings. The van der Waals surface area contributed by atoms with E-state index in [0.717, 1.165) is 4.68 Å². The van der Waals surface area contributed by atoms with E-state index in [1.54, 1.807) is 0 Å². The van der Waals surface area contributed by atoms with E-state index in [1.165, 1.54) is 12.4 Å². The van der Waals surface area contributed by atoms with Gasteiger partial charge in [-0.05, 0) is 17.0 Å². The van der Waals surface area contributed by atoms with Crippen LogP contribution in [0.5, 0.6) is 0 Å². The molecule has 2 N–H and O–H groups in total. The molecule has 0 spiro atoms.